The van der Waals surface area contributed by atoms with E-state index >= 15 is 0 Å². The highest BCUT2D eigenvalue weighted by atomic mass is 19.4. The Kier molecular flexibility index (Phi) is 8.24. The van der Waals surface area contributed by atoms with Crippen LogP contribution in [0.25, 0.3) is 16.9 Å². The van der Waals surface area contributed by atoms with Crippen molar-refractivity contribution in [2.24, 2.45) is 5.41 Å². The Bertz CT molecular complexity index is 1880. The van der Waals surface area contributed by atoms with Crippen LogP contribution in [0.15, 0.2) is 85.7 Å². The second kappa shape index (κ2) is 11.9. The van der Waals surface area contributed by atoms with Crippen LogP contribution in [0.3, 0.4) is 0 Å². The van der Waals surface area contributed by atoms with Crippen LogP contribution < -0.4 is 10.2 Å². The fraction of sp³-hybridized carbons (Fsp3) is 0.212. The van der Waals surface area contributed by atoms with Crippen LogP contribution in [0, 0.1) is 19.3 Å². The highest BCUT2D eigenvalue weighted by molar-refractivity contribution is 6.07. The normalized spacial score (nSPS) is 11.7. The maximum Gasteiger partial charge on any atom is 0.416 e. The fourth-order valence-corrected chi connectivity index (χ4v) is 4.53. The molecule has 0 spiro atoms. The second-order valence-electron chi connectivity index (χ2n) is 11.5. The van der Waals surface area contributed by atoms with Gasteiger partial charge in [-0.05, 0) is 67.9 Å². The first kappa shape index (κ1) is 31.0. The topological polar surface area (TPSA) is 106 Å². The van der Waals surface area contributed by atoms with Crippen LogP contribution in [0.2, 0.25) is 0 Å². The number of hydrogen-bond acceptors (Lipinski definition) is 6. The number of benzene rings is 2. The van der Waals surface area contributed by atoms with Crippen molar-refractivity contribution in [1.29, 1.82) is 0 Å². The van der Waals surface area contributed by atoms with Crippen molar-refractivity contribution in [2.45, 2.75) is 40.8 Å². The van der Waals surface area contributed by atoms with Crippen LogP contribution >= 0.6 is 0 Å². The molecule has 0 radical (unpaired) electrons. The van der Waals surface area contributed by atoms with Gasteiger partial charge in [-0.3, -0.25) is 14.6 Å². The van der Waals surface area contributed by atoms with Gasteiger partial charge in [0.25, 0.3) is 5.91 Å². The van der Waals surface area contributed by atoms with E-state index < -0.39 is 23.1 Å². The van der Waals surface area contributed by atoms with E-state index in [1.807, 2.05) is 6.07 Å². The Hall–Kier alpha value is -5.39. The molecule has 0 aliphatic carbocycles. The van der Waals surface area contributed by atoms with Crippen molar-refractivity contribution in [3.8, 4) is 16.9 Å². The number of rotatable bonds is 6. The van der Waals surface area contributed by atoms with Crippen LogP contribution in [0.4, 0.5) is 30.5 Å². The number of nitrogens with zero attached hydrogens (tertiary/aromatic N) is 6. The zero-order valence-electron chi connectivity index (χ0n) is 25.2. The molecule has 3 heterocycles. The van der Waals surface area contributed by atoms with Gasteiger partial charge in [0.1, 0.15) is 0 Å². The zero-order valence-corrected chi connectivity index (χ0v) is 25.2. The molecule has 230 valence electrons. The number of anilines is 3. The Morgan fingerprint density at radius 1 is 0.933 bits per heavy atom. The Morgan fingerprint density at radius 3 is 2.36 bits per heavy atom. The molecule has 1 N–H and O–H groups in total. The molecule has 2 amide bonds. The summed E-state index contributed by atoms with van der Waals surface area (Å²) in [6, 6.07) is 13.3. The number of nitrogens with one attached hydrogen (secondary N) is 1. The molecule has 0 saturated carbocycles. The summed E-state index contributed by atoms with van der Waals surface area (Å²) in [5.41, 5.74) is 1.32. The lowest BCUT2D eigenvalue weighted by atomic mass is 9.94. The summed E-state index contributed by atoms with van der Waals surface area (Å²) in [5.74, 6) is -0.906. The van der Waals surface area contributed by atoms with E-state index in [4.69, 9.17) is 0 Å². The molecule has 3 aromatic heterocycles. The predicted octanol–water partition coefficient (Wildman–Crippen LogP) is 7.32. The van der Waals surface area contributed by atoms with Crippen molar-refractivity contribution < 1.29 is 22.8 Å². The van der Waals surface area contributed by atoms with Crippen LogP contribution in [-0.4, -0.2) is 36.3 Å². The van der Waals surface area contributed by atoms with Gasteiger partial charge in [-0.1, -0.05) is 26.8 Å². The molecule has 9 nitrogen and oxygen atoms in total. The molecule has 2 aromatic carbocycles. The summed E-state index contributed by atoms with van der Waals surface area (Å²) in [6.07, 6.45) is 3.15. The van der Waals surface area contributed by atoms with Gasteiger partial charge in [-0.15, -0.1) is 0 Å². The minimum absolute atomic E-state index is 0.0616. The van der Waals surface area contributed by atoms with Gasteiger partial charge in [-0.25, -0.2) is 19.9 Å². The van der Waals surface area contributed by atoms with Crippen molar-refractivity contribution >= 4 is 29.1 Å². The third-order valence-electron chi connectivity index (χ3n) is 6.87. The van der Waals surface area contributed by atoms with E-state index in [1.54, 1.807) is 71.4 Å². The number of amides is 2. The molecular weight excluding hydrogens is 583 g/mol. The Balaban J connectivity index is 1.55. The number of aromatic nitrogens is 5. The van der Waals surface area contributed by atoms with E-state index in [0.29, 0.717) is 22.6 Å². The molecule has 5 rings (SSSR count). The maximum absolute atomic E-state index is 13.9. The predicted molar refractivity (Wildman–Crippen MR) is 164 cm³/mol. The molecule has 0 aliphatic rings. The molecule has 0 bridgehead atoms. The molecule has 0 unspecified atom stereocenters. The maximum atomic E-state index is 13.9. The molecule has 12 heteroatoms. The first-order chi connectivity index (χ1) is 21.2. The summed E-state index contributed by atoms with van der Waals surface area (Å²) in [6.45, 7) is 8.76. The summed E-state index contributed by atoms with van der Waals surface area (Å²) in [5, 5.41) is 2.59. The van der Waals surface area contributed by atoms with Crippen molar-refractivity contribution in [2.75, 3.05) is 10.2 Å². The van der Waals surface area contributed by atoms with Crippen molar-refractivity contribution in [3.63, 3.8) is 0 Å². The first-order valence-corrected chi connectivity index (χ1v) is 13.9. The standard InChI is InChI=1S/C33H30F3N7O2/c1-20-8-9-22(29(44)40-25-14-24(33(34,35)36)15-26(16-25)42-18-21(2)39-19-42)13-28(20)43(30(45)32(3,4)5)31-38-12-10-27(41-31)23-7-6-11-37-17-23/h6-19H,1-5H3,(H,40,44). The third kappa shape index (κ3) is 6.90. The van der Waals surface area contributed by atoms with Crippen LogP contribution in [-0.2, 0) is 11.0 Å². The number of imidazole rings is 1. The fourth-order valence-electron chi connectivity index (χ4n) is 4.53. The first-order valence-electron chi connectivity index (χ1n) is 13.9. The Labute approximate surface area is 257 Å². The SMILES string of the molecule is Cc1cn(-c2cc(NC(=O)c3ccc(C)c(N(C(=O)C(C)(C)C)c4nccc(-c5cccnc5)n4)c3)cc(C(F)(F)F)c2)cn1. The molecular formula is C33H30F3N7O2. The average Bonchev–Trinajstić information content (AvgIpc) is 3.44. The summed E-state index contributed by atoms with van der Waals surface area (Å²) >= 11 is 0. The Morgan fingerprint density at radius 2 is 1.71 bits per heavy atom. The highest BCUT2D eigenvalue weighted by Crippen LogP contribution is 2.35. The van der Waals surface area contributed by atoms with Gasteiger partial charge in [0, 0.05) is 52.7 Å². The largest absolute Gasteiger partial charge is 0.416 e. The summed E-state index contributed by atoms with van der Waals surface area (Å²) < 4.78 is 42.8. The summed E-state index contributed by atoms with van der Waals surface area (Å²) in [7, 11) is 0. The highest BCUT2D eigenvalue weighted by Gasteiger charge is 2.33. The van der Waals surface area contributed by atoms with Gasteiger partial charge in [0.05, 0.1) is 29.0 Å². The minimum Gasteiger partial charge on any atom is -0.322 e. The number of aryl methyl sites for hydroxylation is 2. The second-order valence-corrected chi connectivity index (χ2v) is 11.5. The molecule has 0 aliphatic heterocycles. The monoisotopic (exact) mass is 613 g/mol. The number of halogens is 3. The van der Waals surface area contributed by atoms with Gasteiger partial charge >= 0.3 is 6.18 Å². The lowest BCUT2D eigenvalue weighted by Crippen LogP contribution is -2.38. The number of carbonyl (C=O) groups excluding carboxylic acids is 2. The van der Waals surface area contributed by atoms with E-state index in [-0.39, 0.29) is 28.8 Å². The molecule has 0 atom stereocenters. The number of hydrogen-bond donors (Lipinski definition) is 1. The van der Waals surface area contributed by atoms with Gasteiger partial charge in [0.2, 0.25) is 11.9 Å². The summed E-state index contributed by atoms with van der Waals surface area (Å²) in [4.78, 5) is 46.0. The van der Waals surface area contributed by atoms with Crippen molar-refractivity contribution in [1.82, 2.24) is 24.5 Å². The molecule has 0 saturated heterocycles. The lowest BCUT2D eigenvalue weighted by Gasteiger charge is -2.29. The van der Waals surface area contributed by atoms with Gasteiger partial charge in [0.15, 0.2) is 0 Å². The van der Waals surface area contributed by atoms with E-state index in [0.717, 1.165) is 17.7 Å². The number of pyridine rings is 1. The third-order valence-corrected chi connectivity index (χ3v) is 6.87. The zero-order chi connectivity index (χ0) is 32.5. The van der Waals surface area contributed by atoms with E-state index in [1.165, 1.54) is 40.2 Å². The van der Waals surface area contributed by atoms with Crippen LogP contribution in [0.5, 0.6) is 0 Å². The smallest absolute Gasteiger partial charge is 0.322 e. The number of carbonyl (C=O) groups is 2. The molecule has 45 heavy (non-hydrogen) atoms. The number of alkyl halides is 3. The average molecular weight is 614 g/mol. The lowest BCUT2D eigenvalue weighted by molar-refractivity contribution is -0.137. The minimum atomic E-state index is -4.65. The van der Waals surface area contributed by atoms with Gasteiger partial charge in [-0.2, -0.15) is 13.2 Å². The van der Waals surface area contributed by atoms with Crippen LogP contribution in [0.1, 0.15) is 48.0 Å². The molecule has 0 fully saturated rings. The van der Waals surface area contributed by atoms with E-state index in [9.17, 15) is 22.8 Å². The molecule has 5 aromatic rings. The quantitative estimate of drug-likeness (QED) is 0.215. The van der Waals surface area contributed by atoms with Gasteiger partial charge < -0.3 is 9.88 Å². The van der Waals surface area contributed by atoms with Crippen molar-refractivity contribution in [3.05, 3.63) is 108 Å². The van der Waals surface area contributed by atoms with E-state index in [2.05, 4.69) is 25.3 Å².